The molecule has 4 nitrogen and oxygen atoms in total. The first kappa shape index (κ1) is 15.2. The lowest BCUT2D eigenvalue weighted by atomic mass is 10.2. The third kappa shape index (κ3) is 7.45. The summed E-state index contributed by atoms with van der Waals surface area (Å²) in [4.78, 5) is 11.0. The van der Waals surface area contributed by atoms with Crippen molar-refractivity contribution in [2.24, 2.45) is 0 Å². The lowest BCUT2D eigenvalue weighted by molar-refractivity contribution is -0.161. The molecule has 1 rings (SSSR count). The van der Waals surface area contributed by atoms with Gasteiger partial charge >= 0.3 is 5.97 Å². The van der Waals surface area contributed by atoms with E-state index in [1.54, 1.807) is 0 Å². The van der Waals surface area contributed by atoms with Crippen molar-refractivity contribution in [3.8, 4) is 0 Å². The highest BCUT2D eigenvalue weighted by atomic mass is 16.7. The molecular weight excluding hydrogens is 232 g/mol. The Balaban J connectivity index is 1.92. The Kier molecular flexibility index (Phi) is 8.51. The number of esters is 1. The Labute approximate surface area is 109 Å². The van der Waals surface area contributed by atoms with Crippen molar-refractivity contribution < 1.29 is 19.0 Å². The highest BCUT2D eigenvalue weighted by molar-refractivity contribution is 5.69. The summed E-state index contributed by atoms with van der Waals surface area (Å²) in [5, 5.41) is 0. The van der Waals surface area contributed by atoms with Crippen molar-refractivity contribution >= 4 is 5.97 Å². The SMILES string of the molecule is CCOC(=O)CC/C=C/CCOC1CCCCO1. The second-order valence-corrected chi connectivity index (χ2v) is 4.27. The van der Waals surface area contributed by atoms with E-state index in [1.165, 1.54) is 6.42 Å². The molecule has 0 aromatic heterocycles. The van der Waals surface area contributed by atoms with Gasteiger partial charge in [0.05, 0.1) is 13.2 Å². The minimum atomic E-state index is -0.131. The van der Waals surface area contributed by atoms with Gasteiger partial charge < -0.3 is 14.2 Å². The lowest BCUT2D eigenvalue weighted by Gasteiger charge is -2.22. The fourth-order valence-corrected chi connectivity index (χ4v) is 1.78. The summed E-state index contributed by atoms with van der Waals surface area (Å²) in [6.45, 7) is 3.77. The van der Waals surface area contributed by atoms with Gasteiger partial charge in [-0.1, -0.05) is 12.2 Å². The molecule has 1 aliphatic rings. The number of rotatable bonds is 8. The summed E-state index contributed by atoms with van der Waals surface area (Å²) in [6, 6.07) is 0. The highest BCUT2D eigenvalue weighted by Crippen LogP contribution is 2.13. The summed E-state index contributed by atoms with van der Waals surface area (Å²) in [6.07, 6.45) is 9.44. The number of allylic oxidation sites excluding steroid dienone is 1. The number of carbonyl (C=O) groups excluding carboxylic acids is 1. The van der Waals surface area contributed by atoms with Crippen molar-refractivity contribution in [3.05, 3.63) is 12.2 Å². The molecule has 4 heteroatoms. The Morgan fingerprint density at radius 2 is 2.17 bits per heavy atom. The second kappa shape index (κ2) is 10.1. The molecule has 1 saturated heterocycles. The van der Waals surface area contributed by atoms with E-state index in [4.69, 9.17) is 14.2 Å². The van der Waals surface area contributed by atoms with E-state index in [-0.39, 0.29) is 12.3 Å². The Morgan fingerprint density at radius 1 is 1.33 bits per heavy atom. The first-order valence-electron chi connectivity index (χ1n) is 6.86. The molecule has 18 heavy (non-hydrogen) atoms. The zero-order valence-corrected chi connectivity index (χ0v) is 11.2. The molecule has 0 aromatic carbocycles. The molecular formula is C14H24O4. The van der Waals surface area contributed by atoms with Crippen LogP contribution in [0.15, 0.2) is 12.2 Å². The molecule has 0 aliphatic carbocycles. The van der Waals surface area contributed by atoms with Crippen LogP contribution in [-0.4, -0.2) is 32.1 Å². The van der Waals surface area contributed by atoms with Crippen LogP contribution in [0.3, 0.4) is 0 Å². The van der Waals surface area contributed by atoms with Crippen LogP contribution in [0.25, 0.3) is 0 Å². The molecule has 1 unspecified atom stereocenters. The Morgan fingerprint density at radius 3 is 2.89 bits per heavy atom. The summed E-state index contributed by atoms with van der Waals surface area (Å²) in [5.41, 5.74) is 0. The molecule has 0 radical (unpaired) electrons. The number of hydrogen-bond acceptors (Lipinski definition) is 4. The van der Waals surface area contributed by atoms with E-state index in [9.17, 15) is 4.79 Å². The molecule has 0 bridgehead atoms. The van der Waals surface area contributed by atoms with E-state index in [2.05, 4.69) is 0 Å². The number of ether oxygens (including phenoxy) is 3. The van der Waals surface area contributed by atoms with Gasteiger partial charge in [0, 0.05) is 13.0 Å². The van der Waals surface area contributed by atoms with Crippen LogP contribution in [0.5, 0.6) is 0 Å². The van der Waals surface area contributed by atoms with E-state index in [0.717, 1.165) is 32.3 Å². The first-order chi connectivity index (χ1) is 8.83. The van der Waals surface area contributed by atoms with E-state index in [0.29, 0.717) is 19.6 Å². The van der Waals surface area contributed by atoms with Crippen LogP contribution in [0.2, 0.25) is 0 Å². The van der Waals surface area contributed by atoms with Crippen molar-refractivity contribution in [3.63, 3.8) is 0 Å². The molecule has 1 aliphatic heterocycles. The van der Waals surface area contributed by atoms with Gasteiger partial charge in [0.15, 0.2) is 6.29 Å². The Hall–Kier alpha value is -0.870. The third-order valence-electron chi connectivity index (χ3n) is 2.71. The third-order valence-corrected chi connectivity index (χ3v) is 2.71. The summed E-state index contributed by atoms with van der Waals surface area (Å²) in [7, 11) is 0. The molecule has 0 saturated carbocycles. The normalized spacial score (nSPS) is 20.2. The maximum atomic E-state index is 11.0. The van der Waals surface area contributed by atoms with Gasteiger partial charge in [-0.3, -0.25) is 4.79 Å². The van der Waals surface area contributed by atoms with Crippen LogP contribution >= 0.6 is 0 Å². The predicted octanol–water partition coefficient (Wildman–Crippen LogP) is 2.82. The maximum Gasteiger partial charge on any atom is 0.306 e. The van der Waals surface area contributed by atoms with Crippen LogP contribution in [0.1, 0.15) is 45.4 Å². The summed E-state index contributed by atoms with van der Waals surface area (Å²) in [5.74, 6) is -0.131. The smallest absolute Gasteiger partial charge is 0.306 e. The predicted molar refractivity (Wildman–Crippen MR) is 69.2 cm³/mol. The van der Waals surface area contributed by atoms with Gasteiger partial charge in [-0.15, -0.1) is 0 Å². The van der Waals surface area contributed by atoms with E-state index in [1.807, 2.05) is 19.1 Å². The zero-order chi connectivity index (χ0) is 13.1. The van der Waals surface area contributed by atoms with Crippen LogP contribution < -0.4 is 0 Å². The average molecular weight is 256 g/mol. The van der Waals surface area contributed by atoms with Gasteiger partial charge in [-0.2, -0.15) is 0 Å². The van der Waals surface area contributed by atoms with Crippen LogP contribution in [0, 0.1) is 0 Å². The molecule has 1 heterocycles. The molecule has 0 aromatic rings. The second-order valence-electron chi connectivity index (χ2n) is 4.27. The maximum absolute atomic E-state index is 11.0. The van der Waals surface area contributed by atoms with Crippen molar-refractivity contribution in [2.45, 2.75) is 51.7 Å². The minimum absolute atomic E-state index is 0.00770. The van der Waals surface area contributed by atoms with Crippen molar-refractivity contribution in [1.29, 1.82) is 0 Å². The van der Waals surface area contributed by atoms with E-state index >= 15 is 0 Å². The van der Waals surface area contributed by atoms with E-state index < -0.39 is 0 Å². The molecule has 0 N–H and O–H groups in total. The summed E-state index contributed by atoms with van der Waals surface area (Å²) < 4.78 is 15.9. The fourth-order valence-electron chi connectivity index (χ4n) is 1.78. The fraction of sp³-hybridized carbons (Fsp3) is 0.786. The minimum Gasteiger partial charge on any atom is -0.466 e. The van der Waals surface area contributed by atoms with Crippen molar-refractivity contribution in [1.82, 2.24) is 0 Å². The van der Waals surface area contributed by atoms with Gasteiger partial charge in [-0.25, -0.2) is 0 Å². The molecule has 0 amide bonds. The van der Waals surface area contributed by atoms with Crippen molar-refractivity contribution in [2.75, 3.05) is 19.8 Å². The molecule has 104 valence electrons. The number of hydrogen-bond donors (Lipinski definition) is 0. The lowest BCUT2D eigenvalue weighted by Crippen LogP contribution is -2.22. The largest absolute Gasteiger partial charge is 0.466 e. The van der Waals surface area contributed by atoms with Gasteiger partial charge in [0.2, 0.25) is 0 Å². The Bertz CT molecular complexity index is 244. The van der Waals surface area contributed by atoms with Crippen LogP contribution in [0.4, 0.5) is 0 Å². The van der Waals surface area contributed by atoms with Gasteiger partial charge in [0.1, 0.15) is 0 Å². The topological polar surface area (TPSA) is 44.8 Å². The van der Waals surface area contributed by atoms with Crippen LogP contribution in [-0.2, 0) is 19.0 Å². The monoisotopic (exact) mass is 256 g/mol. The molecule has 1 atom stereocenters. The quantitative estimate of drug-likeness (QED) is 0.380. The standard InChI is InChI=1S/C14H24O4/c1-2-16-13(15)9-5-3-4-7-11-17-14-10-6-8-12-18-14/h3-4,14H,2,5-12H2,1H3/b4-3+. The molecule has 1 fully saturated rings. The number of carbonyl (C=O) groups is 1. The van der Waals surface area contributed by atoms with Gasteiger partial charge in [-0.05, 0) is 39.0 Å². The highest BCUT2D eigenvalue weighted by Gasteiger charge is 2.12. The molecule has 0 spiro atoms. The summed E-state index contributed by atoms with van der Waals surface area (Å²) >= 11 is 0. The van der Waals surface area contributed by atoms with Gasteiger partial charge in [0.25, 0.3) is 0 Å². The average Bonchev–Trinajstić information content (AvgIpc) is 2.39. The zero-order valence-electron chi connectivity index (χ0n) is 11.2. The first-order valence-corrected chi connectivity index (χ1v) is 6.86.